The van der Waals surface area contributed by atoms with E-state index in [2.05, 4.69) is 9.27 Å². The van der Waals surface area contributed by atoms with Gasteiger partial charge in [-0.2, -0.15) is 4.37 Å². The molecule has 0 spiro atoms. The first-order valence-electron chi connectivity index (χ1n) is 6.02. The lowest BCUT2D eigenvalue weighted by atomic mass is 10.1. The summed E-state index contributed by atoms with van der Waals surface area (Å²) < 4.78 is 9.78. The molecule has 2 heterocycles. The second-order valence-electron chi connectivity index (χ2n) is 4.19. The fraction of sp³-hybridized carbons (Fsp3) is 0.727. The third-order valence-electron chi connectivity index (χ3n) is 3.04. The van der Waals surface area contributed by atoms with Crippen LogP contribution in [-0.2, 0) is 4.74 Å². The zero-order valence-electron chi connectivity index (χ0n) is 10.5. The van der Waals surface area contributed by atoms with Crippen LogP contribution in [0.15, 0.2) is 4.90 Å². The number of hydrogen-bond acceptors (Lipinski definition) is 7. The Morgan fingerprint density at radius 1 is 1.56 bits per heavy atom. The maximum absolute atomic E-state index is 8.74. The van der Waals surface area contributed by atoms with Gasteiger partial charge in [-0.3, -0.25) is 0 Å². The van der Waals surface area contributed by atoms with Crippen molar-refractivity contribution in [1.82, 2.24) is 4.37 Å². The molecule has 7 heteroatoms. The topological polar surface area (TPSA) is 71.6 Å². The molecule has 0 saturated carbocycles. The number of ether oxygens (including phenoxy) is 1. The SMILES string of the molecule is CSc1c(N)nsc1N1CCC(OCCO)CC1. The molecule has 5 nitrogen and oxygen atoms in total. The molecular formula is C11H19N3O2S2. The average Bonchev–Trinajstić information content (AvgIpc) is 2.78. The van der Waals surface area contributed by atoms with Gasteiger partial charge in [-0.25, -0.2) is 0 Å². The van der Waals surface area contributed by atoms with Gasteiger partial charge in [-0.15, -0.1) is 11.8 Å². The molecule has 1 aliphatic heterocycles. The lowest BCUT2D eigenvalue weighted by molar-refractivity contribution is 0.0159. The van der Waals surface area contributed by atoms with Crippen molar-refractivity contribution in [2.75, 3.05) is 43.2 Å². The minimum absolute atomic E-state index is 0.0994. The molecule has 1 saturated heterocycles. The lowest BCUT2D eigenvalue weighted by Gasteiger charge is -2.32. The number of aliphatic hydroxyl groups excluding tert-OH is 1. The van der Waals surface area contributed by atoms with E-state index in [0.29, 0.717) is 12.4 Å². The highest BCUT2D eigenvalue weighted by molar-refractivity contribution is 7.99. The molecule has 0 atom stereocenters. The molecule has 2 rings (SSSR count). The number of anilines is 2. The molecule has 0 aromatic carbocycles. The fourth-order valence-corrected chi connectivity index (χ4v) is 3.86. The Kier molecular flexibility index (Phi) is 5.11. The Morgan fingerprint density at radius 2 is 2.28 bits per heavy atom. The molecule has 0 amide bonds. The van der Waals surface area contributed by atoms with Crippen LogP contribution in [0.3, 0.4) is 0 Å². The molecule has 18 heavy (non-hydrogen) atoms. The molecule has 0 radical (unpaired) electrons. The van der Waals surface area contributed by atoms with E-state index in [-0.39, 0.29) is 12.7 Å². The number of piperidine rings is 1. The van der Waals surface area contributed by atoms with E-state index in [0.717, 1.165) is 30.8 Å². The number of nitrogens with two attached hydrogens (primary N) is 1. The van der Waals surface area contributed by atoms with E-state index in [9.17, 15) is 0 Å². The minimum atomic E-state index is 0.0994. The third-order valence-corrected chi connectivity index (χ3v) is 4.90. The summed E-state index contributed by atoms with van der Waals surface area (Å²) in [6, 6.07) is 0. The van der Waals surface area contributed by atoms with Gasteiger partial charge in [-0.05, 0) is 30.6 Å². The van der Waals surface area contributed by atoms with E-state index >= 15 is 0 Å². The predicted octanol–water partition coefficient (Wildman–Crippen LogP) is 1.42. The monoisotopic (exact) mass is 289 g/mol. The highest BCUT2D eigenvalue weighted by Gasteiger charge is 2.23. The summed E-state index contributed by atoms with van der Waals surface area (Å²) in [6.07, 6.45) is 4.29. The van der Waals surface area contributed by atoms with Crippen molar-refractivity contribution >= 4 is 34.1 Å². The fourth-order valence-electron chi connectivity index (χ4n) is 2.12. The summed E-state index contributed by atoms with van der Waals surface area (Å²) in [7, 11) is 0. The molecule has 1 aromatic rings. The largest absolute Gasteiger partial charge is 0.394 e. The molecule has 1 aliphatic rings. The highest BCUT2D eigenvalue weighted by atomic mass is 32.2. The number of nitrogen functional groups attached to an aromatic ring is 1. The summed E-state index contributed by atoms with van der Waals surface area (Å²) in [6.45, 7) is 2.47. The quantitative estimate of drug-likeness (QED) is 0.799. The van der Waals surface area contributed by atoms with Crippen LogP contribution in [0.2, 0.25) is 0 Å². The maximum atomic E-state index is 8.74. The van der Waals surface area contributed by atoms with Gasteiger partial charge in [0, 0.05) is 13.1 Å². The van der Waals surface area contributed by atoms with Crippen molar-refractivity contribution in [2.45, 2.75) is 23.8 Å². The van der Waals surface area contributed by atoms with Gasteiger partial charge < -0.3 is 20.5 Å². The van der Waals surface area contributed by atoms with Crippen LogP contribution in [0.1, 0.15) is 12.8 Å². The minimum Gasteiger partial charge on any atom is -0.394 e. The van der Waals surface area contributed by atoms with Crippen molar-refractivity contribution in [3.05, 3.63) is 0 Å². The van der Waals surface area contributed by atoms with E-state index in [1.54, 1.807) is 11.8 Å². The number of aromatic nitrogens is 1. The standard InChI is InChI=1S/C11H19N3O2S2/c1-17-9-10(12)13-18-11(9)14-4-2-8(3-5-14)16-7-6-15/h8,15H,2-7H2,1H3,(H2,12,13). The van der Waals surface area contributed by atoms with Crippen LogP contribution in [0.4, 0.5) is 10.8 Å². The summed E-state index contributed by atoms with van der Waals surface area (Å²) in [4.78, 5) is 3.42. The molecule has 1 aromatic heterocycles. The molecule has 0 unspecified atom stereocenters. The van der Waals surface area contributed by atoms with E-state index in [1.165, 1.54) is 16.5 Å². The zero-order chi connectivity index (χ0) is 13.0. The van der Waals surface area contributed by atoms with Gasteiger partial charge in [0.05, 0.1) is 24.2 Å². The van der Waals surface area contributed by atoms with Gasteiger partial charge in [0.2, 0.25) is 0 Å². The summed E-state index contributed by atoms with van der Waals surface area (Å²) >= 11 is 3.13. The number of hydrogen-bond donors (Lipinski definition) is 2. The van der Waals surface area contributed by atoms with Gasteiger partial charge in [-0.1, -0.05) is 0 Å². The molecule has 0 bridgehead atoms. The van der Waals surface area contributed by atoms with Gasteiger partial charge >= 0.3 is 0 Å². The molecule has 0 aliphatic carbocycles. The van der Waals surface area contributed by atoms with Gasteiger partial charge in [0.25, 0.3) is 0 Å². The predicted molar refractivity (Wildman–Crippen MR) is 76.6 cm³/mol. The molecule has 102 valence electrons. The Morgan fingerprint density at radius 3 is 2.89 bits per heavy atom. The zero-order valence-corrected chi connectivity index (χ0v) is 12.1. The number of thioether (sulfide) groups is 1. The Bertz CT molecular complexity index is 378. The number of aliphatic hydroxyl groups is 1. The van der Waals surface area contributed by atoms with Crippen LogP contribution >= 0.6 is 23.3 Å². The van der Waals surface area contributed by atoms with Gasteiger partial charge in [0.1, 0.15) is 5.00 Å². The first-order valence-corrected chi connectivity index (χ1v) is 8.02. The third kappa shape index (κ3) is 3.09. The van der Waals surface area contributed by atoms with Crippen LogP contribution in [0, 0.1) is 0 Å². The first kappa shape index (κ1) is 13.9. The highest BCUT2D eigenvalue weighted by Crippen LogP contribution is 2.38. The van der Waals surface area contributed by atoms with Crippen LogP contribution in [-0.4, -0.2) is 48.1 Å². The van der Waals surface area contributed by atoms with E-state index in [4.69, 9.17) is 15.6 Å². The van der Waals surface area contributed by atoms with Crippen molar-refractivity contribution in [2.24, 2.45) is 0 Å². The number of nitrogens with zero attached hydrogens (tertiary/aromatic N) is 2. The smallest absolute Gasteiger partial charge is 0.153 e. The van der Waals surface area contributed by atoms with Crippen LogP contribution < -0.4 is 10.6 Å². The Hall–Kier alpha value is -0.500. The molecule has 1 fully saturated rings. The van der Waals surface area contributed by atoms with E-state index in [1.807, 2.05) is 6.26 Å². The number of rotatable bonds is 5. The van der Waals surface area contributed by atoms with Crippen LogP contribution in [0.25, 0.3) is 0 Å². The van der Waals surface area contributed by atoms with Gasteiger partial charge in [0.15, 0.2) is 5.82 Å². The Balaban J connectivity index is 1.92. The Labute approximate surface area is 115 Å². The lowest BCUT2D eigenvalue weighted by Crippen LogP contribution is -2.37. The van der Waals surface area contributed by atoms with Crippen molar-refractivity contribution in [1.29, 1.82) is 0 Å². The second kappa shape index (κ2) is 6.60. The summed E-state index contributed by atoms with van der Waals surface area (Å²) in [5.41, 5.74) is 5.85. The van der Waals surface area contributed by atoms with Crippen molar-refractivity contribution < 1.29 is 9.84 Å². The maximum Gasteiger partial charge on any atom is 0.153 e. The van der Waals surface area contributed by atoms with Crippen molar-refractivity contribution in [3.63, 3.8) is 0 Å². The second-order valence-corrected chi connectivity index (χ2v) is 5.76. The molecule has 3 N–H and O–H groups in total. The summed E-state index contributed by atoms with van der Waals surface area (Å²) in [5, 5.41) is 9.92. The molecular weight excluding hydrogens is 270 g/mol. The van der Waals surface area contributed by atoms with Crippen molar-refractivity contribution in [3.8, 4) is 0 Å². The van der Waals surface area contributed by atoms with E-state index < -0.39 is 0 Å². The average molecular weight is 289 g/mol. The summed E-state index contributed by atoms with van der Waals surface area (Å²) in [5.74, 6) is 0.640. The van der Waals surface area contributed by atoms with Crippen LogP contribution in [0.5, 0.6) is 0 Å². The normalized spacial score (nSPS) is 17.3. The first-order chi connectivity index (χ1) is 8.76.